The number of carbonyl (C=O) groups excluding carboxylic acids is 1. The number of fused-ring (bicyclic) bond motifs is 1. The van der Waals surface area contributed by atoms with Crippen molar-refractivity contribution in [3.63, 3.8) is 0 Å². The Morgan fingerprint density at radius 2 is 1.85 bits per heavy atom. The Morgan fingerprint density at radius 3 is 2.56 bits per heavy atom. The number of hydrogen-bond acceptors (Lipinski definition) is 4. The van der Waals surface area contributed by atoms with Crippen molar-refractivity contribution in [3.8, 4) is 5.75 Å². The number of hydrogen-bond donors (Lipinski definition) is 4. The molecule has 0 spiro atoms. The van der Waals surface area contributed by atoms with Gasteiger partial charge in [0.25, 0.3) is 5.91 Å². The summed E-state index contributed by atoms with van der Waals surface area (Å²) in [5, 5.41) is 18.0. The van der Waals surface area contributed by atoms with Crippen molar-refractivity contribution >= 4 is 22.5 Å². The van der Waals surface area contributed by atoms with E-state index < -0.39 is 5.60 Å². The highest BCUT2D eigenvalue weighted by molar-refractivity contribution is 6.06. The van der Waals surface area contributed by atoms with Gasteiger partial charge in [-0.15, -0.1) is 0 Å². The average molecular weight is 462 g/mol. The predicted molar refractivity (Wildman–Crippen MR) is 135 cm³/mol. The molecule has 34 heavy (non-hydrogen) atoms. The Balaban J connectivity index is 1.20. The molecule has 6 nitrogen and oxygen atoms in total. The summed E-state index contributed by atoms with van der Waals surface area (Å²) >= 11 is 0. The number of H-pyrrole nitrogens is 1. The molecule has 0 aliphatic heterocycles. The normalized spacial score (nSPS) is 22.6. The van der Waals surface area contributed by atoms with Gasteiger partial charge in [0.1, 0.15) is 5.75 Å². The maximum Gasteiger partial charge on any atom is 0.255 e. The number of anilines is 1. The van der Waals surface area contributed by atoms with Crippen molar-refractivity contribution in [2.75, 3.05) is 11.9 Å². The minimum atomic E-state index is -0.511. The molecule has 3 aromatic rings. The first-order chi connectivity index (χ1) is 16.4. The Kier molecular flexibility index (Phi) is 6.36. The van der Waals surface area contributed by atoms with Gasteiger partial charge in [-0.25, -0.2) is 0 Å². The largest absolute Gasteiger partial charge is 0.493 e. The first kappa shape index (κ1) is 22.9. The van der Waals surface area contributed by atoms with Gasteiger partial charge in [-0.3, -0.25) is 4.79 Å². The van der Waals surface area contributed by atoms with E-state index >= 15 is 0 Å². The lowest BCUT2D eigenvalue weighted by Crippen LogP contribution is -2.39. The van der Waals surface area contributed by atoms with Crippen LogP contribution in [0.3, 0.4) is 0 Å². The molecule has 0 saturated heterocycles. The van der Waals surface area contributed by atoms with Gasteiger partial charge in [-0.2, -0.15) is 0 Å². The molecule has 1 amide bonds. The highest BCUT2D eigenvalue weighted by atomic mass is 16.5. The maximum atomic E-state index is 12.8. The number of aromatic nitrogens is 1. The molecule has 2 aliphatic rings. The van der Waals surface area contributed by atoms with Gasteiger partial charge in [-0.05, 0) is 100 Å². The van der Waals surface area contributed by atoms with Gasteiger partial charge in [0.15, 0.2) is 0 Å². The van der Waals surface area contributed by atoms with E-state index in [4.69, 9.17) is 4.74 Å². The molecule has 180 valence electrons. The maximum absolute atomic E-state index is 12.8. The Labute approximate surface area is 201 Å². The molecule has 2 fully saturated rings. The quantitative estimate of drug-likeness (QED) is 0.367. The summed E-state index contributed by atoms with van der Waals surface area (Å²) in [7, 11) is 0. The third-order valence-electron chi connectivity index (χ3n) is 7.30. The van der Waals surface area contributed by atoms with Crippen molar-refractivity contribution in [3.05, 3.63) is 59.3 Å². The van der Waals surface area contributed by atoms with E-state index in [2.05, 4.69) is 21.7 Å². The topological polar surface area (TPSA) is 86.4 Å². The lowest BCUT2D eigenvalue weighted by atomic mass is 9.84. The van der Waals surface area contributed by atoms with Gasteiger partial charge in [0.05, 0.1) is 17.7 Å². The van der Waals surface area contributed by atoms with E-state index in [0.29, 0.717) is 17.5 Å². The third kappa shape index (κ3) is 5.45. The monoisotopic (exact) mass is 461 g/mol. The van der Waals surface area contributed by atoms with Crippen molar-refractivity contribution < 1.29 is 14.6 Å². The number of aromatic amines is 1. The van der Waals surface area contributed by atoms with E-state index in [1.807, 2.05) is 50.2 Å². The van der Waals surface area contributed by atoms with E-state index in [-0.39, 0.29) is 5.91 Å². The molecule has 2 aliphatic carbocycles. The fourth-order valence-corrected chi connectivity index (χ4v) is 4.73. The van der Waals surface area contributed by atoms with Crippen LogP contribution in [0.2, 0.25) is 0 Å². The van der Waals surface area contributed by atoms with Crippen LogP contribution in [0.4, 0.5) is 5.69 Å². The fraction of sp³-hybridized carbons (Fsp3) is 0.464. The second-order valence-electron chi connectivity index (χ2n) is 10.4. The molecular formula is C28H35N3O3. The van der Waals surface area contributed by atoms with E-state index in [9.17, 15) is 9.90 Å². The number of aliphatic hydroxyl groups is 1. The SMILES string of the molecule is Cc1c(NC(=O)c2ccc(OCC3CC3)cc2)ccc2cc(CN[C@H]3CC[C@@](C)(O)CC3)[nH]c12. The lowest BCUT2D eigenvalue weighted by Gasteiger charge is -2.33. The molecule has 1 heterocycles. The third-order valence-corrected chi connectivity index (χ3v) is 7.30. The Hall–Kier alpha value is -2.83. The summed E-state index contributed by atoms with van der Waals surface area (Å²) in [5.74, 6) is 1.39. The zero-order chi connectivity index (χ0) is 23.7. The van der Waals surface area contributed by atoms with E-state index in [1.165, 1.54) is 12.8 Å². The summed E-state index contributed by atoms with van der Waals surface area (Å²) in [4.78, 5) is 16.4. The fourth-order valence-electron chi connectivity index (χ4n) is 4.73. The van der Waals surface area contributed by atoms with Crippen molar-refractivity contribution in [1.29, 1.82) is 0 Å². The molecule has 0 radical (unpaired) electrons. The highest BCUT2D eigenvalue weighted by Crippen LogP contribution is 2.30. The number of ether oxygens (including phenoxy) is 1. The molecule has 1 aromatic heterocycles. The molecule has 6 heteroatoms. The van der Waals surface area contributed by atoms with Crippen LogP contribution in [0.1, 0.15) is 67.1 Å². The first-order valence-corrected chi connectivity index (χ1v) is 12.5. The second kappa shape index (κ2) is 9.43. The summed E-state index contributed by atoms with van der Waals surface area (Å²) in [6.45, 7) is 5.49. The van der Waals surface area contributed by atoms with Gasteiger partial charge in [0, 0.05) is 34.9 Å². The van der Waals surface area contributed by atoms with Crippen molar-refractivity contribution in [2.24, 2.45) is 5.92 Å². The standard InChI is InChI=1S/C28H35N3O3/c1-18-25(31-27(32)20-5-8-24(9-6-20)34-17-19-3-4-19)10-7-21-15-23(30-26(18)21)16-29-22-11-13-28(2,33)14-12-22/h5-10,15,19,22,29-30,33H,3-4,11-14,16-17H2,1-2H3,(H,31,32)/t22-,28+. The Bertz CT molecular complexity index is 1150. The van der Waals surface area contributed by atoms with Crippen molar-refractivity contribution in [2.45, 2.75) is 70.6 Å². The second-order valence-corrected chi connectivity index (χ2v) is 10.4. The van der Waals surface area contributed by atoms with Crippen LogP contribution in [0.25, 0.3) is 10.9 Å². The first-order valence-electron chi connectivity index (χ1n) is 12.5. The minimum absolute atomic E-state index is 0.127. The number of rotatable bonds is 8. The molecule has 4 N–H and O–H groups in total. The smallest absolute Gasteiger partial charge is 0.255 e. The molecule has 2 saturated carbocycles. The minimum Gasteiger partial charge on any atom is -0.493 e. The summed E-state index contributed by atoms with van der Waals surface area (Å²) in [5.41, 5.74) is 4.10. The number of amides is 1. The van der Waals surface area contributed by atoms with Crippen LogP contribution in [0.15, 0.2) is 42.5 Å². The van der Waals surface area contributed by atoms with E-state index in [1.54, 1.807) is 0 Å². The lowest BCUT2D eigenvalue weighted by molar-refractivity contribution is 0.0140. The van der Waals surface area contributed by atoms with E-state index in [0.717, 1.165) is 72.4 Å². The Morgan fingerprint density at radius 1 is 1.12 bits per heavy atom. The molecule has 0 unspecified atom stereocenters. The summed E-state index contributed by atoms with van der Waals surface area (Å²) in [6, 6.07) is 14.0. The molecular weight excluding hydrogens is 426 g/mol. The number of aryl methyl sites for hydroxylation is 1. The molecule has 0 atom stereocenters. The number of carbonyl (C=O) groups is 1. The highest BCUT2D eigenvalue weighted by Gasteiger charge is 2.28. The number of benzene rings is 2. The summed E-state index contributed by atoms with van der Waals surface area (Å²) < 4.78 is 5.77. The van der Waals surface area contributed by atoms with Gasteiger partial charge >= 0.3 is 0 Å². The van der Waals surface area contributed by atoms with Crippen LogP contribution >= 0.6 is 0 Å². The summed E-state index contributed by atoms with van der Waals surface area (Å²) in [6.07, 6.45) is 6.19. The number of nitrogens with one attached hydrogen (secondary N) is 3. The van der Waals surface area contributed by atoms with Gasteiger partial charge in [-0.1, -0.05) is 6.07 Å². The van der Waals surface area contributed by atoms with Gasteiger partial charge in [0.2, 0.25) is 0 Å². The average Bonchev–Trinajstić information content (AvgIpc) is 3.56. The molecule has 2 aromatic carbocycles. The van der Waals surface area contributed by atoms with Gasteiger partial charge < -0.3 is 25.5 Å². The van der Waals surface area contributed by atoms with Crippen LogP contribution < -0.4 is 15.4 Å². The van der Waals surface area contributed by atoms with Crippen LogP contribution in [0.5, 0.6) is 5.75 Å². The van der Waals surface area contributed by atoms with Crippen molar-refractivity contribution in [1.82, 2.24) is 10.3 Å². The molecule has 5 rings (SSSR count). The zero-order valence-corrected chi connectivity index (χ0v) is 20.1. The van der Waals surface area contributed by atoms with Crippen LogP contribution in [-0.4, -0.2) is 34.2 Å². The molecule has 0 bridgehead atoms. The zero-order valence-electron chi connectivity index (χ0n) is 20.1. The van der Waals surface area contributed by atoms with Crippen LogP contribution in [0, 0.1) is 12.8 Å². The van der Waals surface area contributed by atoms with Crippen LogP contribution in [-0.2, 0) is 6.54 Å². The predicted octanol–water partition coefficient (Wildman–Crippen LogP) is 5.30.